The lowest BCUT2D eigenvalue weighted by Crippen LogP contribution is -2.43. The number of nitrogens with zero attached hydrogens (tertiary/aromatic N) is 2. The van der Waals surface area contributed by atoms with Gasteiger partial charge in [-0.05, 0) is 50.3 Å². The largest absolute Gasteiger partial charge is 0.458 e. The van der Waals surface area contributed by atoms with E-state index in [1.807, 2.05) is 89.6 Å². The van der Waals surface area contributed by atoms with Crippen molar-refractivity contribution in [2.75, 3.05) is 7.05 Å². The van der Waals surface area contributed by atoms with Crippen molar-refractivity contribution in [3.63, 3.8) is 0 Å². The predicted molar refractivity (Wildman–Crippen MR) is 131 cm³/mol. The second kappa shape index (κ2) is 8.85. The number of hydrogen-bond acceptors (Lipinski definition) is 6. The van der Waals surface area contributed by atoms with Gasteiger partial charge < -0.3 is 15.0 Å². The van der Waals surface area contributed by atoms with Crippen LogP contribution in [0.25, 0.3) is 5.76 Å². The number of Topliss-reactive ketones (excluding diaryl/α,β-unsaturated/α-hetero) is 1. The molecule has 0 amide bonds. The number of fused-ring (bicyclic) bond motifs is 1. The molecule has 3 atom stereocenters. The number of likely N-dealkylation sites (N-methyl/N-ethyl adjacent to an activating group) is 1. The molecule has 0 saturated carbocycles. The Kier molecular flexibility index (Phi) is 6.11. The van der Waals surface area contributed by atoms with E-state index >= 15 is 0 Å². The Balaban J connectivity index is 1.63. The molecule has 0 fully saturated rings. The lowest BCUT2D eigenvalue weighted by atomic mass is 9.89. The van der Waals surface area contributed by atoms with Crippen molar-refractivity contribution < 1.29 is 9.53 Å². The lowest BCUT2D eigenvalue weighted by molar-refractivity contribution is 0.0927. The van der Waals surface area contributed by atoms with Crippen LogP contribution in [0.4, 0.5) is 0 Å². The highest BCUT2D eigenvalue weighted by molar-refractivity contribution is 5.97. The number of carbonyl (C=O) groups is 1. The van der Waals surface area contributed by atoms with E-state index in [1.165, 1.54) is 0 Å². The molecule has 0 aromatic heterocycles. The van der Waals surface area contributed by atoms with Gasteiger partial charge in [0.2, 0.25) is 0 Å². The molecule has 6 heteroatoms. The zero-order chi connectivity index (χ0) is 23.8. The van der Waals surface area contributed by atoms with Crippen LogP contribution in [-0.4, -0.2) is 35.4 Å². The van der Waals surface area contributed by atoms with Crippen molar-refractivity contribution >= 4 is 11.5 Å². The van der Waals surface area contributed by atoms with Gasteiger partial charge >= 0.3 is 0 Å². The Hall–Kier alpha value is -3.41. The van der Waals surface area contributed by atoms with E-state index in [0.29, 0.717) is 0 Å². The van der Waals surface area contributed by atoms with Gasteiger partial charge in [-0.1, -0.05) is 49.4 Å². The van der Waals surface area contributed by atoms with E-state index in [4.69, 9.17) is 4.74 Å². The van der Waals surface area contributed by atoms with E-state index in [9.17, 15) is 9.70 Å². The second-order valence-corrected chi connectivity index (χ2v) is 9.43. The summed E-state index contributed by atoms with van der Waals surface area (Å²) in [6, 6.07) is 7.42. The highest BCUT2D eigenvalue weighted by Gasteiger charge is 2.35. The molecular weight excluding hydrogens is 414 g/mol. The quantitative estimate of drug-likeness (QED) is 0.454. The third kappa shape index (κ3) is 4.30. The van der Waals surface area contributed by atoms with Crippen LogP contribution in [0.1, 0.15) is 50.0 Å². The average molecular weight is 446 g/mol. The summed E-state index contributed by atoms with van der Waals surface area (Å²) >= 11 is 0. The monoisotopic (exact) mass is 445 g/mol. The molecule has 0 aliphatic carbocycles. The summed E-state index contributed by atoms with van der Waals surface area (Å²) in [6.45, 7) is 7.62. The topological polar surface area (TPSA) is 71.0 Å². The maximum atomic E-state index is 12.5. The Morgan fingerprint density at radius 2 is 1.94 bits per heavy atom. The standard InChI is InChI=1S/C27H31N3O3/c1-6-17(2)25(31)19-9-7-18(8-10-19)23-16-22-26(33-23)21(12-14-30(22)5)20-11-13-28-24(15-20)27(3,4)29-32/h7-17,22,24,28H,6H2,1-5H3/t17-,22?,24?/m0/s1. The molecule has 3 aliphatic heterocycles. The number of hydrogen-bond donors (Lipinski definition) is 1. The fourth-order valence-corrected chi connectivity index (χ4v) is 4.15. The van der Waals surface area contributed by atoms with Crippen molar-refractivity contribution in [2.45, 2.75) is 51.7 Å². The lowest BCUT2D eigenvalue weighted by Gasteiger charge is -2.31. The molecule has 2 unspecified atom stereocenters. The van der Waals surface area contributed by atoms with Crippen LogP contribution in [0.3, 0.4) is 0 Å². The summed E-state index contributed by atoms with van der Waals surface area (Å²) < 4.78 is 6.39. The number of nitroso groups, excluding NO2 is 1. The van der Waals surface area contributed by atoms with E-state index in [0.717, 1.165) is 40.2 Å². The predicted octanol–water partition coefficient (Wildman–Crippen LogP) is 5.33. The van der Waals surface area contributed by atoms with Crippen molar-refractivity contribution in [3.05, 3.63) is 93.9 Å². The van der Waals surface area contributed by atoms with Crippen molar-refractivity contribution in [1.29, 1.82) is 0 Å². The first-order valence-corrected chi connectivity index (χ1v) is 11.4. The number of carbonyl (C=O) groups excluding carboxylic acids is 1. The van der Waals surface area contributed by atoms with Gasteiger partial charge in [-0.2, -0.15) is 4.91 Å². The molecule has 0 bridgehead atoms. The summed E-state index contributed by atoms with van der Waals surface area (Å²) in [4.78, 5) is 25.9. The van der Waals surface area contributed by atoms with Gasteiger partial charge in [0.05, 0.1) is 6.04 Å². The fourth-order valence-electron chi connectivity index (χ4n) is 4.15. The van der Waals surface area contributed by atoms with E-state index in [1.54, 1.807) is 0 Å². The number of allylic oxidation sites excluding steroid dienone is 4. The Bertz CT molecular complexity index is 1110. The molecule has 1 aromatic rings. The molecule has 6 nitrogen and oxygen atoms in total. The molecule has 3 aliphatic rings. The minimum atomic E-state index is -0.774. The summed E-state index contributed by atoms with van der Waals surface area (Å²) in [6.07, 6.45) is 12.9. The summed E-state index contributed by atoms with van der Waals surface area (Å²) in [5, 5.41) is 6.51. The molecular formula is C27H31N3O3. The van der Waals surface area contributed by atoms with Crippen LogP contribution in [-0.2, 0) is 4.74 Å². The smallest absolute Gasteiger partial charge is 0.165 e. The highest BCUT2D eigenvalue weighted by Crippen LogP contribution is 2.39. The minimum Gasteiger partial charge on any atom is -0.458 e. The van der Waals surface area contributed by atoms with Gasteiger partial charge in [-0.3, -0.25) is 4.79 Å². The molecule has 0 saturated heterocycles. The number of dihydropyridines is 1. The van der Waals surface area contributed by atoms with Gasteiger partial charge in [0.1, 0.15) is 23.1 Å². The van der Waals surface area contributed by atoms with Gasteiger partial charge in [-0.25, -0.2) is 0 Å². The zero-order valence-corrected chi connectivity index (χ0v) is 19.8. The van der Waals surface area contributed by atoms with Crippen LogP contribution in [0.2, 0.25) is 0 Å². The van der Waals surface area contributed by atoms with Crippen LogP contribution >= 0.6 is 0 Å². The Labute approximate surface area is 195 Å². The van der Waals surface area contributed by atoms with Gasteiger partial charge in [0, 0.05) is 35.9 Å². The van der Waals surface area contributed by atoms with Crippen LogP contribution in [0.15, 0.2) is 83.1 Å². The highest BCUT2D eigenvalue weighted by atomic mass is 16.5. The Morgan fingerprint density at radius 1 is 1.21 bits per heavy atom. The van der Waals surface area contributed by atoms with Crippen LogP contribution in [0, 0.1) is 10.8 Å². The maximum absolute atomic E-state index is 12.5. The molecule has 0 spiro atoms. The van der Waals surface area contributed by atoms with Crippen molar-refractivity contribution in [2.24, 2.45) is 11.1 Å². The van der Waals surface area contributed by atoms with Gasteiger partial charge in [0.15, 0.2) is 5.78 Å². The first-order valence-electron chi connectivity index (χ1n) is 11.4. The molecule has 3 heterocycles. The fraction of sp³-hybridized carbons (Fsp3) is 0.370. The molecule has 1 N–H and O–H groups in total. The van der Waals surface area contributed by atoms with Crippen LogP contribution < -0.4 is 5.32 Å². The molecule has 172 valence electrons. The first-order chi connectivity index (χ1) is 15.7. The molecule has 33 heavy (non-hydrogen) atoms. The summed E-state index contributed by atoms with van der Waals surface area (Å²) in [5.74, 6) is 1.81. The van der Waals surface area contributed by atoms with E-state index in [-0.39, 0.29) is 23.8 Å². The Morgan fingerprint density at radius 3 is 2.61 bits per heavy atom. The van der Waals surface area contributed by atoms with Gasteiger partial charge in [0.25, 0.3) is 0 Å². The number of rotatable bonds is 7. The van der Waals surface area contributed by atoms with Crippen molar-refractivity contribution in [1.82, 2.24) is 10.2 Å². The van der Waals surface area contributed by atoms with Gasteiger partial charge in [-0.15, -0.1) is 0 Å². The average Bonchev–Trinajstić information content (AvgIpc) is 3.30. The maximum Gasteiger partial charge on any atom is 0.165 e. The van der Waals surface area contributed by atoms with Crippen LogP contribution in [0.5, 0.6) is 0 Å². The SMILES string of the molecule is CC[C@H](C)C(=O)c1ccc(C2=CC3C(=C(C4=CC(C(C)(C)N=O)NC=C4)C=CN3C)O2)cc1. The van der Waals surface area contributed by atoms with E-state index < -0.39 is 5.54 Å². The number of ether oxygens (including phenoxy) is 1. The molecule has 4 rings (SSSR count). The molecule has 0 radical (unpaired) electrons. The number of nitrogens with one attached hydrogen (secondary N) is 1. The number of benzene rings is 1. The van der Waals surface area contributed by atoms with Crippen molar-refractivity contribution in [3.8, 4) is 0 Å². The zero-order valence-electron chi connectivity index (χ0n) is 19.8. The molecule has 1 aromatic carbocycles. The minimum absolute atomic E-state index is 0.0163. The first kappa shape index (κ1) is 22.8. The summed E-state index contributed by atoms with van der Waals surface area (Å²) in [5.41, 5.74) is 2.86. The summed E-state index contributed by atoms with van der Waals surface area (Å²) in [7, 11) is 2.02. The normalized spacial score (nSPS) is 22.8. The third-order valence-electron chi connectivity index (χ3n) is 6.68. The van der Waals surface area contributed by atoms with E-state index in [2.05, 4.69) is 21.5 Å². The second-order valence-electron chi connectivity index (χ2n) is 9.43. The number of ketones is 1. The third-order valence-corrected chi connectivity index (χ3v) is 6.68.